The van der Waals surface area contributed by atoms with Gasteiger partial charge in [0.2, 0.25) is 0 Å². The van der Waals surface area contributed by atoms with Gasteiger partial charge < -0.3 is 4.74 Å². The lowest BCUT2D eigenvalue weighted by atomic mass is 9.97. The number of hydrogen-bond donors (Lipinski definition) is 0. The highest BCUT2D eigenvalue weighted by molar-refractivity contribution is 5.91. The van der Waals surface area contributed by atoms with Crippen LogP contribution in [-0.2, 0) is 4.74 Å². The van der Waals surface area contributed by atoms with Crippen LogP contribution in [-0.4, -0.2) is 13.1 Å². The molecule has 0 N–H and O–H groups in total. The van der Waals surface area contributed by atoms with Gasteiger partial charge in [-0.05, 0) is 28.8 Å². The van der Waals surface area contributed by atoms with Gasteiger partial charge in [0.15, 0.2) is 0 Å². The monoisotopic (exact) mass is 238 g/mol. The van der Waals surface area contributed by atoms with E-state index in [2.05, 4.69) is 6.58 Å². The van der Waals surface area contributed by atoms with Gasteiger partial charge in [-0.25, -0.2) is 4.79 Å². The van der Waals surface area contributed by atoms with E-state index in [4.69, 9.17) is 4.74 Å². The summed E-state index contributed by atoms with van der Waals surface area (Å²) in [6.45, 7) is 3.79. The molecule has 2 heteroatoms. The van der Waals surface area contributed by atoms with E-state index in [1.54, 1.807) is 18.2 Å². The third kappa shape index (κ3) is 2.33. The Morgan fingerprint density at radius 3 is 2.50 bits per heavy atom. The van der Waals surface area contributed by atoms with Crippen LogP contribution in [0, 0.1) is 0 Å². The Labute approximate surface area is 107 Å². The van der Waals surface area contributed by atoms with Crippen LogP contribution >= 0.6 is 0 Å². The van der Waals surface area contributed by atoms with Crippen LogP contribution in [0.3, 0.4) is 0 Å². The molecule has 0 radical (unpaired) electrons. The highest BCUT2D eigenvalue weighted by Gasteiger charge is 2.09. The lowest BCUT2D eigenvalue weighted by Crippen LogP contribution is -2.01. The molecule has 0 atom stereocenters. The summed E-state index contributed by atoms with van der Waals surface area (Å²) in [5.41, 5.74) is 3.61. The summed E-state index contributed by atoms with van der Waals surface area (Å²) in [5.74, 6) is -0.335. The van der Waals surface area contributed by atoms with Crippen molar-refractivity contribution in [2.75, 3.05) is 7.11 Å². The molecule has 2 aromatic rings. The van der Waals surface area contributed by atoms with Crippen LogP contribution in [0.4, 0.5) is 0 Å². The van der Waals surface area contributed by atoms with Crippen molar-refractivity contribution >= 4 is 12.0 Å². The molecule has 2 rings (SSSR count). The average Bonchev–Trinajstić information content (AvgIpc) is 2.46. The Balaban J connectivity index is 2.51. The molecule has 18 heavy (non-hydrogen) atoms. The second kappa shape index (κ2) is 5.32. The number of benzene rings is 2. The first kappa shape index (κ1) is 12.1. The topological polar surface area (TPSA) is 26.3 Å². The Morgan fingerprint density at radius 1 is 1.17 bits per heavy atom. The van der Waals surface area contributed by atoms with Gasteiger partial charge in [-0.15, -0.1) is 0 Å². The summed E-state index contributed by atoms with van der Waals surface area (Å²) in [4.78, 5) is 11.5. The minimum absolute atomic E-state index is 0.335. The maximum absolute atomic E-state index is 11.5. The number of rotatable bonds is 3. The Morgan fingerprint density at radius 2 is 1.89 bits per heavy atom. The molecular formula is C16H14O2. The highest BCUT2D eigenvalue weighted by Crippen LogP contribution is 2.25. The van der Waals surface area contributed by atoms with Gasteiger partial charge in [-0.1, -0.05) is 49.1 Å². The third-order valence-electron chi connectivity index (χ3n) is 2.78. The van der Waals surface area contributed by atoms with Crippen molar-refractivity contribution in [3.8, 4) is 11.1 Å². The standard InChI is InChI=1S/C16H14O2/c1-3-12-11-14(16(17)18-2)9-10-15(12)13-7-5-4-6-8-13/h3-11H,1H2,2H3. The molecule has 2 aromatic carbocycles. The Kier molecular flexibility index (Phi) is 3.58. The normalized spacial score (nSPS) is 9.83. The fourth-order valence-corrected chi connectivity index (χ4v) is 1.86. The minimum atomic E-state index is -0.335. The van der Waals surface area contributed by atoms with Crippen LogP contribution in [0.25, 0.3) is 17.2 Å². The maximum Gasteiger partial charge on any atom is 0.337 e. The highest BCUT2D eigenvalue weighted by atomic mass is 16.5. The van der Waals surface area contributed by atoms with Crippen molar-refractivity contribution < 1.29 is 9.53 Å². The molecule has 0 amide bonds. The number of hydrogen-bond acceptors (Lipinski definition) is 2. The largest absolute Gasteiger partial charge is 0.465 e. The second-order valence-electron chi connectivity index (χ2n) is 3.86. The van der Waals surface area contributed by atoms with E-state index in [0.717, 1.165) is 16.7 Å². The summed E-state index contributed by atoms with van der Waals surface area (Å²) in [5, 5.41) is 0. The maximum atomic E-state index is 11.5. The molecule has 0 heterocycles. The fraction of sp³-hybridized carbons (Fsp3) is 0.0625. The molecule has 0 aliphatic rings. The first-order valence-corrected chi connectivity index (χ1v) is 5.66. The number of carbonyl (C=O) groups excluding carboxylic acids is 1. The summed E-state index contributed by atoms with van der Waals surface area (Å²) in [6.07, 6.45) is 1.74. The van der Waals surface area contributed by atoms with Crippen molar-refractivity contribution in [1.29, 1.82) is 0 Å². The van der Waals surface area contributed by atoms with Crippen molar-refractivity contribution in [1.82, 2.24) is 0 Å². The molecule has 0 spiro atoms. The summed E-state index contributed by atoms with van der Waals surface area (Å²) < 4.78 is 4.71. The predicted octanol–water partition coefficient (Wildman–Crippen LogP) is 3.78. The summed E-state index contributed by atoms with van der Waals surface area (Å²) in [6, 6.07) is 15.5. The van der Waals surface area contributed by atoms with Crippen molar-refractivity contribution in [3.05, 3.63) is 66.2 Å². The number of ether oxygens (including phenoxy) is 1. The van der Waals surface area contributed by atoms with Crippen LogP contribution in [0.1, 0.15) is 15.9 Å². The van der Waals surface area contributed by atoms with Gasteiger partial charge in [0, 0.05) is 0 Å². The van der Waals surface area contributed by atoms with Gasteiger partial charge in [-0.2, -0.15) is 0 Å². The quantitative estimate of drug-likeness (QED) is 0.760. The van der Waals surface area contributed by atoms with Crippen molar-refractivity contribution in [2.24, 2.45) is 0 Å². The Bertz CT molecular complexity index is 571. The van der Waals surface area contributed by atoms with Gasteiger partial charge in [0.25, 0.3) is 0 Å². The number of methoxy groups -OCH3 is 1. The van der Waals surface area contributed by atoms with E-state index in [0.29, 0.717) is 5.56 Å². The van der Waals surface area contributed by atoms with Crippen LogP contribution < -0.4 is 0 Å². The first-order valence-electron chi connectivity index (χ1n) is 5.66. The van der Waals surface area contributed by atoms with E-state index in [-0.39, 0.29) is 5.97 Å². The number of esters is 1. The van der Waals surface area contributed by atoms with Crippen LogP contribution in [0.2, 0.25) is 0 Å². The first-order chi connectivity index (χ1) is 8.76. The van der Waals surface area contributed by atoms with Gasteiger partial charge in [0.1, 0.15) is 0 Å². The van der Waals surface area contributed by atoms with E-state index in [1.165, 1.54) is 7.11 Å². The van der Waals surface area contributed by atoms with Crippen LogP contribution in [0.15, 0.2) is 55.1 Å². The zero-order valence-corrected chi connectivity index (χ0v) is 10.2. The van der Waals surface area contributed by atoms with Gasteiger partial charge in [-0.3, -0.25) is 0 Å². The molecule has 0 saturated heterocycles. The van der Waals surface area contributed by atoms with Crippen molar-refractivity contribution in [2.45, 2.75) is 0 Å². The summed E-state index contributed by atoms with van der Waals surface area (Å²) >= 11 is 0. The van der Waals surface area contributed by atoms with E-state index < -0.39 is 0 Å². The fourth-order valence-electron chi connectivity index (χ4n) is 1.86. The molecule has 0 fully saturated rings. The van der Waals surface area contributed by atoms with Gasteiger partial charge in [0.05, 0.1) is 12.7 Å². The number of carbonyl (C=O) groups is 1. The molecule has 0 aliphatic carbocycles. The molecule has 0 bridgehead atoms. The minimum Gasteiger partial charge on any atom is -0.465 e. The van der Waals surface area contributed by atoms with Crippen LogP contribution in [0.5, 0.6) is 0 Å². The van der Waals surface area contributed by atoms with Crippen molar-refractivity contribution in [3.63, 3.8) is 0 Å². The predicted molar refractivity (Wildman–Crippen MR) is 73.3 cm³/mol. The molecule has 0 aliphatic heterocycles. The molecular weight excluding hydrogens is 224 g/mol. The van der Waals surface area contributed by atoms with E-state index in [1.807, 2.05) is 36.4 Å². The molecule has 0 unspecified atom stereocenters. The SMILES string of the molecule is C=Cc1cc(C(=O)OC)ccc1-c1ccccc1. The lowest BCUT2D eigenvalue weighted by Gasteiger charge is -2.08. The summed E-state index contributed by atoms with van der Waals surface area (Å²) in [7, 11) is 1.38. The lowest BCUT2D eigenvalue weighted by molar-refractivity contribution is 0.0600. The molecule has 0 saturated carbocycles. The molecule has 90 valence electrons. The Hall–Kier alpha value is -2.35. The van der Waals surface area contributed by atoms with E-state index >= 15 is 0 Å². The second-order valence-corrected chi connectivity index (χ2v) is 3.86. The smallest absolute Gasteiger partial charge is 0.337 e. The average molecular weight is 238 g/mol. The van der Waals surface area contributed by atoms with Gasteiger partial charge >= 0.3 is 5.97 Å². The van der Waals surface area contributed by atoms with E-state index in [9.17, 15) is 4.79 Å². The third-order valence-corrected chi connectivity index (χ3v) is 2.78. The zero-order valence-electron chi connectivity index (χ0n) is 10.2. The molecule has 2 nitrogen and oxygen atoms in total. The zero-order chi connectivity index (χ0) is 13.0. The molecule has 0 aromatic heterocycles.